The molecule has 1 aromatic carbocycles. The maximum absolute atomic E-state index is 11.8. The molecule has 0 heterocycles. The smallest absolute Gasteiger partial charge is 0.223 e. The Balaban J connectivity index is 2.75. The van der Waals surface area contributed by atoms with Gasteiger partial charge in [0.05, 0.1) is 5.75 Å². The summed E-state index contributed by atoms with van der Waals surface area (Å²) in [5.41, 5.74) is 1.50. The number of sulfonamides is 1. The van der Waals surface area contributed by atoms with E-state index in [0.717, 1.165) is 12.0 Å². The lowest BCUT2D eigenvalue weighted by Crippen LogP contribution is -2.38. The van der Waals surface area contributed by atoms with Crippen molar-refractivity contribution in [1.82, 2.24) is 4.72 Å². The second-order valence-electron chi connectivity index (χ2n) is 5.12. The van der Waals surface area contributed by atoms with Crippen LogP contribution in [0.2, 0.25) is 5.02 Å². The average molecular weight is 347 g/mol. The molecule has 0 aliphatic heterocycles. The van der Waals surface area contributed by atoms with Crippen molar-refractivity contribution in [3.05, 3.63) is 28.8 Å². The topological polar surface area (TPSA) is 66.5 Å². The second-order valence-corrected chi connectivity index (χ2v) is 7.45. The fourth-order valence-corrected chi connectivity index (χ4v) is 3.44. The second kappa shape index (κ2) is 8.50. The molecule has 0 saturated heterocycles. The molecule has 0 spiro atoms. The van der Waals surface area contributed by atoms with Gasteiger partial charge in [0, 0.05) is 30.7 Å². The highest BCUT2D eigenvalue weighted by molar-refractivity contribution is 7.89. The van der Waals surface area contributed by atoms with Crippen molar-refractivity contribution in [2.45, 2.75) is 33.6 Å². The molecule has 0 radical (unpaired) electrons. The van der Waals surface area contributed by atoms with Gasteiger partial charge in [-0.3, -0.25) is 4.79 Å². The molecule has 0 aliphatic carbocycles. The van der Waals surface area contributed by atoms with Gasteiger partial charge >= 0.3 is 0 Å². The van der Waals surface area contributed by atoms with E-state index in [2.05, 4.69) is 4.72 Å². The lowest BCUT2D eigenvalue weighted by Gasteiger charge is -2.23. The molecule has 0 fully saturated rings. The van der Waals surface area contributed by atoms with Crippen LogP contribution in [-0.2, 0) is 14.8 Å². The van der Waals surface area contributed by atoms with Crippen molar-refractivity contribution in [3.63, 3.8) is 0 Å². The molecule has 0 aliphatic rings. The number of carbonyl (C=O) groups excluding carboxylic acids is 1. The summed E-state index contributed by atoms with van der Waals surface area (Å²) in [5, 5.41) is 0.576. The summed E-state index contributed by atoms with van der Waals surface area (Å²) in [6, 6.07) is 5.33. The van der Waals surface area contributed by atoms with Crippen LogP contribution in [0, 0.1) is 6.92 Å². The lowest BCUT2D eigenvalue weighted by atomic mass is 10.1. The van der Waals surface area contributed by atoms with E-state index < -0.39 is 10.0 Å². The van der Waals surface area contributed by atoms with Crippen molar-refractivity contribution < 1.29 is 13.2 Å². The Hall–Kier alpha value is -1.11. The monoisotopic (exact) mass is 346 g/mol. The molecule has 7 heteroatoms. The average Bonchev–Trinajstić information content (AvgIpc) is 2.45. The van der Waals surface area contributed by atoms with Gasteiger partial charge in [-0.05, 0) is 31.0 Å². The normalized spacial score (nSPS) is 11.5. The van der Waals surface area contributed by atoms with Crippen LogP contribution in [-0.4, -0.2) is 33.2 Å². The maximum Gasteiger partial charge on any atom is 0.223 e. The lowest BCUT2D eigenvalue weighted by molar-refractivity contribution is -0.116. The number of rotatable bonds is 8. The Morgan fingerprint density at radius 1 is 1.36 bits per heavy atom. The van der Waals surface area contributed by atoms with Crippen molar-refractivity contribution >= 4 is 33.2 Å². The van der Waals surface area contributed by atoms with E-state index in [1.54, 1.807) is 18.2 Å². The van der Waals surface area contributed by atoms with E-state index in [1.165, 1.54) is 11.8 Å². The van der Waals surface area contributed by atoms with Crippen molar-refractivity contribution in [2.24, 2.45) is 0 Å². The summed E-state index contributed by atoms with van der Waals surface area (Å²) in [7, 11) is -3.28. The maximum atomic E-state index is 11.8. The number of hydrogen-bond acceptors (Lipinski definition) is 3. The zero-order valence-corrected chi connectivity index (χ0v) is 14.8. The number of anilines is 1. The molecule has 124 valence electrons. The number of nitrogens with zero attached hydrogens (tertiary/aromatic N) is 1. The zero-order valence-electron chi connectivity index (χ0n) is 13.2. The fraction of sp³-hybridized carbons (Fsp3) is 0.533. The number of hydrogen-bond donors (Lipinski definition) is 1. The van der Waals surface area contributed by atoms with Gasteiger partial charge < -0.3 is 4.90 Å². The third-order valence-electron chi connectivity index (χ3n) is 3.33. The first-order chi connectivity index (χ1) is 10.3. The number of halogens is 1. The van der Waals surface area contributed by atoms with Crippen LogP contribution < -0.4 is 9.62 Å². The summed E-state index contributed by atoms with van der Waals surface area (Å²) >= 11 is 6.08. The molecular formula is C15H23ClN2O3S. The summed E-state index contributed by atoms with van der Waals surface area (Å²) in [6.07, 6.45) is 1.45. The SMILES string of the molecule is CCCCS(=O)(=O)NCCN(C(C)=O)c1cccc(Cl)c1C. The fourth-order valence-electron chi connectivity index (χ4n) is 2.06. The van der Waals surface area contributed by atoms with Crippen LogP contribution >= 0.6 is 11.6 Å². The number of amides is 1. The van der Waals surface area contributed by atoms with Crippen LogP contribution in [0.25, 0.3) is 0 Å². The predicted molar refractivity (Wildman–Crippen MR) is 90.9 cm³/mol. The first-order valence-electron chi connectivity index (χ1n) is 7.29. The Labute approximate surface area is 137 Å². The minimum absolute atomic E-state index is 0.111. The number of benzene rings is 1. The van der Waals surface area contributed by atoms with Gasteiger partial charge in [-0.1, -0.05) is 31.0 Å². The molecular weight excluding hydrogens is 324 g/mol. The summed E-state index contributed by atoms with van der Waals surface area (Å²) in [6.45, 7) is 5.67. The molecule has 22 heavy (non-hydrogen) atoms. The number of nitrogens with one attached hydrogen (secondary N) is 1. The van der Waals surface area contributed by atoms with E-state index in [-0.39, 0.29) is 24.7 Å². The molecule has 1 aromatic rings. The Bertz CT molecular complexity index is 617. The standard InChI is InChI=1S/C15H23ClN2O3S/c1-4-5-11-22(20,21)17-9-10-18(13(3)19)15-8-6-7-14(16)12(15)2/h6-8,17H,4-5,9-11H2,1-3H3. The highest BCUT2D eigenvalue weighted by Gasteiger charge is 2.16. The largest absolute Gasteiger partial charge is 0.311 e. The molecule has 0 aromatic heterocycles. The number of carbonyl (C=O) groups is 1. The Kier molecular flexibility index (Phi) is 7.32. The van der Waals surface area contributed by atoms with Crippen LogP contribution in [0.5, 0.6) is 0 Å². The van der Waals surface area contributed by atoms with Gasteiger partial charge in [-0.15, -0.1) is 0 Å². The van der Waals surface area contributed by atoms with Crippen LogP contribution in [0.1, 0.15) is 32.3 Å². The Morgan fingerprint density at radius 3 is 2.64 bits per heavy atom. The highest BCUT2D eigenvalue weighted by atomic mass is 35.5. The molecule has 1 amide bonds. The van der Waals surface area contributed by atoms with Crippen molar-refractivity contribution in [3.8, 4) is 0 Å². The van der Waals surface area contributed by atoms with E-state index in [0.29, 0.717) is 17.1 Å². The van der Waals surface area contributed by atoms with Crippen LogP contribution in [0.3, 0.4) is 0 Å². The summed E-state index contributed by atoms with van der Waals surface area (Å²) in [5.74, 6) is -0.0436. The predicted octanol–water partition coefficient (Wildman–Crippen LogP) is 2.72. The molecule has 0 unspecified atom stereocenters. The van der Waals surface area contributed by atoms with Gasteiger partial charge in [-0.25, -0.2) is 13.1 Å². The summed E-state index contributed by atoms with van der Waals surface area (Å²) in [4.78, 5) is 13.4. The van der Waals surface area contributed by atoms with Crippen LogP contribution in [0.15, 0.2) is 18.2 Å². The van der Waals surface area contributed by atoms with Gasteiger partial charge in [0.25, 0.3) is 0 Å². The van der Waals surface area contributed by atoms with Crippen molar-refractivity contribution in [2.75, 3.05) is 23.7 Å². The third-order valence-corrected chi connectivity index (χ3v) is 5.21. The first-order valence-corrected chi connectivity index (χ1v) is 9.32. The minimum atomic E-state index is -3.28. The van der Waals surface area contributed by atoms with E-state index in [4.69, 9.17) is 11.6 Å². The molecule has 1 rings (SSSR count). The molecule has 0 atom stereocenters. The molecule has 5 nitrogen and oxygen atoms in total. The quantitative estimate of drug-likeness (QED) is 0.787. The van der Waals surface area contributed by atoms with E-state index in [1.807, 2.05) is 13.8 Å². The molecule has 0 saturated carbocycles. The zero-order chi connectivity index (χ0) is 16.8. The van der Waals surface area contributed by atoms with E-state index >= 15 is 0 Å². The Morgan fingerprint density at radius 2 is 2.05 bits per heavy atom. The van der Waals surface area contributed by atoms with E-state index in [9.17, 15) is 13.2 Å². The molecule has 0 bridgehead atoms. The summed E-state index contributed by atoms with van der Waals surface area (Å²) < 4.78 is 26.1. The van der Waals surface area contributed by atoms with Gasteiger partial charge in [0.15, 0.2) is 0 Å². The van der Waals surface area contributed by atoms with Crippen LogP contribution in [0.4, 0.5) is 5.69 Å². The van der Waals surface area contributed by atoms with Gasteiger partial charge in [0.1, 0.15) is 0 Å². The van der Waals surface area contributed by atoms with Gasteiger partial charge in [-0.2, -0.15) is 0 Å². The highest BCUT2D eigenvalue weighted by Crippen LogP contribution is 2.26. The van der Waals surface area contributed by atoms with Gasteiger partial charge in [0.2, 0.25) is 15.9 Å². The van der Waals surface area contributed by atoms with Crippen molar-refractivity contribution in [1.29, 1.82) is 0 Å². The minimum Gasteiger partial charge on any atom is -0.311 e. The molecule has 1 N–H and O–H groups in total. The first kappa shape index (κ1) is 18.9. The third kappa shape index (κ3) is 5.59. The number of unbranched alkanes of at least 4 members (excludes halogenated alkanes) is 1.